The average molecular weight is 661 g/mol. The highest BCUT2D eigenvalue weighted by Crippen LogP contribution is 2.55. The molecule has 4 aromatic rings. The highest BCUT2D eigenvalue weighted by Gasteiger charge is 2.53. The second-order valence-electron chi connectivity index (χ2n) is 14.4. The van der Waals surface area contributed by atoms with Crippen molar-refractivity contribution in [2.45, 2.75) is 71.0 Å². The molecule has 0 unspecified atom stereocenters. The zero-order valence-corrected chi connectivity index (χ0v) is 27.8. The number of aryl methyl sites for hydroxylation is 2. The van der Waals surface area contributed by atoms with Crippen LogP contribution < -0.4 is 18.9 Å². The zero-order valence-electron chi connectivity index (χ0n) is 27.8. The molecule has 4 heterocycles. The smallest absolute Gasteiger partial charge is 0.347 e. The minimum Gasteiger partial charge on any atom is -0.457 e. The van der Waals surface area contributed by atoms with Crippen LogP contribution in [-0.2, 0) is 20.3 Å². The van der Waals surface area contributed by atoms with Crippen molar-refractivity contribution in [1.82, 2.24) is 0 Å². The molecule has 49 heavy (non-hydrogen) atoms. The van der Waals surface area contributed by atoms with Crippen molar-refractivity contribution >= 4 is 23.9 Å². The monoisotopic (exact) mass is 660 g/mol. The fraction of sp³-hybridized carbons (Fsp3) is 0.282. The van der Waals surface area contributed by atoms with Gasteiger partial charge in [-0.05, 0) is 85.6 Å². The lowest BCUT2D eigenvalue weighted by molar-refractivity contribution is -0.166. The molecule has 0 bridgehead atoms. The lowest BCUT2D eigenvalue weighted by Gasteiger charge is -2.51. The third-order valence-corrected chi connectivity index (χ3v) is 9.72. The first-order chi connectivity index (χ1) is 23.1. The molecule has 0 N–H and O–H groups in total. The summed E-state index contributed by atoms with van der Waals surface area (Å²) >= 11 is 0. The van der Waals surface area contributed by atoms with E-state index in [4.69, 9.17) is 28.4 Å². The van der Waals surface area contributed by atoms with Gasteiger partial charge < -0.3 is 28.4 Å². The van der Waals surface area contributed by atoms with E-state index in [2.05, 4.69) is 27.7 Å². The molecule has 0 aliphatic carbocycles. The Balaban J connectivity index is 1.08. The van der Waals surface area contributed by atoms with Gasteiger partial charge >= 0.3 is 23.9 Å². The molecule has 4 aliphatic rings. The number of benzene rings is 4. The van der Waals surface area contributed by atoms with Crippen LogP contribution in [0.15, 0.2) is 60.7 Å². The lowest BCUT2D eigenvalue weighted by Crippen LogP contribution is -2.55. The molecular formula is C39H32O10. The maximum Gasteiger partial charge on any atom is 0.347 e. The van der Waals surface area contributed by atoms with Crippen LogP contribution in [0.5, 0.6) is 34.5 Å². The maximum atomic E-state index is 12.1. The first-order valence-electron chi connectivity index (χ1n) is 16.0. The molecule has 10 nitrogen and oxygen atoms in total. The summed E-state index contributed by atoms with van der Waals surface area (Å²) in [7, 11) is 0. The van der Waals surface area contributed by atoms with E-state index < -0.39 is 29.7 Å². The summed E-state index contributed by atoms with van der Waals surface area (Å²) in [5.41, 5.74) is 3.62. The Hall–Kier alpha value is -5.64. The van der Waals surface area contributed by atoms with Crippen molar-refractivity contribution in [2.75, 3.05) is 0 Å². The number of hydrogen-bond acceptors (Lipinski definition) is 10. The van der Waals surface area contributed by atoms with Gasteiger partial charge in [0.1, 0.15) is 34.5 Å². The number of carbonyl (C=O) groups excluding carboxylic acids is 4. The molecule has 10 heteroatoms. The molecule has 0 atom stereocenters. The van der Waals surface area contributed by atoms with Gasteiger partial charge in [-0.25, -0.2) is 19.2 Å². The Kier molecular flexibility index (Phi) is 6.37. The fourth-order valence-corrected chi connectivity index (χ4v) is 7.45. The van der Waals surface area contributed by atoms with Crippen molar-refractivity contribution in [1.29, 1.82) is 0 Å². The lowest BCUT2D eigenvalue weighted by atomic mass is 9.69. The van der Waals surface area contributed by atoms with E-state index in [0.717, 1.165) is 22.3 Å². The molecule has 4 aliphatic heterocycles. The van der Waals surface area contributed by atoms with Crippen LogP contribution >= 0.6 is 0 Å². The minimum atomic E-state index is -0.948. The van der Waals surface area contributed by atoms with Crippen LogP contribution in [-0.4, -0.2) is 29.7 Å². The number of fused-ring (bicyclic) bond motifs is 4. The standard InChI is InChI=1S/C39H32O10/c1-19-11-31-27(15-29(19)44-21-7-9-23-25(13-21)35(42)46-33(23)40)37(3,4)17-39(48-31)18-38(5,6)28-16-30(20(2)12-32(28)49-39)45-22-8-10-24-26(14-22)36(43)47-34(24)41/h7-16H,17-18H2,1-6H3. The third-order valence-electron chi connectivity index (χ3n) is 9.72. The van der Waals surface area contributed by atoms with Gasteiger partial charge in [0.05, 0.1) is 22.3 Å². The number of carbonyl (C=O) groups is 4. The number of cyclic esters (lactones) is 4. The van der Waals surface area contributed by atoms with Gasteiger partial charge in [0, 0.05) is 34.8 Å². The minimum absolute atomic E-state index is 0.183. The summed E-state index contributed by atoms with van der Waals surface area (Å²) in [5, 5.41) is 0. The number of rotatable bonds is 4. The van der Waals surface area contributed by atoms with E-state index in [1.54, 1.807) is 12.1 Å². The molecular weight excluding hydrogens is 628 g/mol. The second-order valence-corrected chi connectivity index (χ2v) is 14.4. The highest BCUT2D eigenvalue weighted by atomic mass is 16.7. The molecule has 0 radical (unpaired) electrons. The van der Waals surface area contributed by atoms with Gasteiger partial charge in [-0.3, -0.25) is 0 Å². The second kappa shape index (κ2) is 10.2. The Morgan fingerprint density at radius 2 is 0.918 bits per heavy atom. The molecule has 0 saturated carbocycles. The maximum absolute atomic E-state index is 12.1. The molecule has 0 aromatic heterocycles. The summed E-state index contributed by atoms with van der Waals surface area (Å²) in [6, 6.07) is 17.2. The molecule has 1 spiro atoms. The Labute approximate surface area is 281 Å². The highest BCUT2D eigenvalue weighted by molar-refractivity contribution is 6.15. The van der Waals surface area contributed by atoms with Gasteiger partial charge in [0.25, 0.3) is 5.79 Å². The largest absolute Gasteiger partial charge is 0.457 e. The van der Waals surface area contributed by atoms with Crippen LogP contribution in [0.4, 0.5) is 0 Å². The third kappa shape index (κ3) is 4.93. The van der Waals surface area contributed by atoms with Crippen molar-refractivity contribution in [2.24, 2.45) is 0 Å². The summed E-state index contributed by atoms with van der Waals surface area (Å²) in [6.45, 7) is 12.5. The summed E-state index contributed by atoms with van der Waals surface area (Å²) < 4.78 is 35.5. The number of esters is 4. The summed E-state index contributed by atoms with van der Waals surface area (Å²) in [5.74, 6) is -0.186. The predicted octanol–water partition coefficient (Wildman–Crippen LogP) is 8.03. The Bertz CT molecular complexity index is 2040. The van der Waals surface area contributed by atoms with E-state index in [9.17, 15) is 19.2 Å². The van der Waals surface area contributed by atoms with Gasteiger partial charge in [-0.2, -0.15) is 0 Å². The van der Waals surface area contributed by atoms with Gasteiger partial charge in [-0.15, -0.1) is 0 Å². The Morgan fingerprint density at radius 1 is 0.531 bits per heavy atom. The van der Waals surface area contributed by atoms with Gasteiger partial charge in [0.2, 0.25) is 0 Å². The normalized spacial score (nSPS) is 18.7. The van der Waals surface area contributed by atoms with Gasteiger partial charge in [0.15, 0.2) is 0 Å². The first kappa shape index (κ1) is 30.7. The van der Waals surface area contributed by atoms with Gasteiger partial charge in [-0.1, -0.05) is 27.7 Å². The Morgan fingerprint density at radius 3 is 1.33 bits per heavy atom. The van der Waals surface area contributed by atoms with Crippen molar-refractivity contribution in [3.8, 4) is 34.5 Å². The van der Waals surface area contributed by atoms with Crippen molar-refractivity contribution in [3.05, 3.63) is 105 Å². The number of ether oxygens (including phenoxy) is 6. The summed E-state index contributed by atoms with van der Waals surface area (Å²) in [4.78, 5) is 48.0. The molecule has 0 saturated heterocycles. The van der Waals surface area contributed by atoms with Crippen LogP contribution in [0, 0.1) is 13.8 Å². The summed E-state index contributed by atoms with van der Waals surface area (Å²) in [6.07, 6.45) is 1.12. The molecule has 4 aromatic carbocycles. The van der Waals surface area contributed by atoms with E-state index in [1.165, 1.54) is 24.3 Å². The van der Waals surface area contributed by atoms with Crippen LogP contribution in [0.2, 0.25) is 0 Å². The zero-order chi connectivity index (χ0) is 34.6. The first-order valence-corrected chi connectivity index (χ1v) is 16.0. The van der Waals surface area contributed by atoms with E-state index >= 15 is 0 Å². The topological polar surface area (TPSA) is 124 Å². The molecule has 8 rings (SSSR count). The number of hydrogen-bond donors (Lipinski definition) is 0. The average Bonchev–Trinajstić information content (AvgIpc) is 3.46. The van der Waals surface area contributed by atoms with E-state index in [-0.39, 0.29) is 33.1 Å². The van der Waals surface area contributed by atoms with Crippen LogP contribution in [0.1, 0.15) is 104 Å². The van der Waals surface area contributed by atoms with Crippen LogP contribution in [0.25, 0.3) is 0 Å². The molecule has 248 valence electrons. The molecule has 0 fully saturated rings. The van der Waals surface area contributed by atoms with E-state index in [1.807, 2.05) is 38.1 Å². The van der Waals surface area contributed by atoms with Crippen molar-refractivity contribution < 1.29 is 47.6 Å². The van der Waals surface area contributed by atoms with Crippen LogP contribution in [0.3, 0.4) is 0 Å². The quantitative estimate of drug-likeness (QED) is 0.157. The van der Waals surface area contributed by atoms with E-state index in [0.29, 0.717) is 47.3 Å². The fourth-order valence-electron chi connectivity index (χ4n) is 7.45. The SMILES string of the molecule is Cc1cc2c(cc1Oc1ccc3c(c1)C(=O)OC3=O)C(C)(C)CC1(CC(C)(C)c3cc(Oc4ccc5c(c4)C(=O)OC5=O)c(C)cc3O1)O2. The van der Waals surface area contributed by atoms with Crippen molar-refractivity contribution in [3.63, 3.8) is 0 Å². The predicted molar refractivity (Wildman–Crippen MR) is 174 cm³/mol. The molecule has 0 amide bonds.